The fourth-order valence-electron chi connectivity index (χ4n) is 2.64. The van der Waals surface area contributed by atoms with Crippen molar-refractivity contribution in [1.29, 1.82) is 0 Å². The number of fused-ring (bicyclic) bond motifs is 1. The third-order valence-corrected chi connectivity index (χ3v) is 3.99. The smallest absolute Gasteiger partial charge is 0.147 e. The number of rotatable bonds is 1. The predicted molar refractivity (Wildman–Crippen MR) is 120 cm³/mol. The molecule has 4 nitrogen and oxygen atoms in total. The highest BCUT2D eigenvalue weighted by Crippen LogP contribution is 2.21. The topological polar surface area (TPSA) is 42.0 Å². The van der Waals surface area contributed by atoms with E-state index >= 15 is 0 Å². The summed E-state index contributed by atoms with van der Waals surface area (Å²) in [6.07, 6.45) is 7.26. The molecule has 0 spiro atoms. The van der Waals surface area contributed by atoms with Crippen LogP contribution in [-0.2, 0) is 0 Å². The van der Waals surface area contributed by atoms with E-state index in [4.69, 9.17) is 0 Å². The third-order valence-electron chi connectivity index (χ3n) is 3.99. The SMILES string of the molecule is CC.CC1=N/C=C(C)/C=C\N=N1.Cc1ccc2c(ccn2-c2cccc(F)c2)c1. The Hall–Kier alpha value is -3.34. The first-order valence-electron chi connectivity index (χ1n) is 9.65. The Kier molecular flexibility index (Phi) is 8.22. The van der Waals surface area contributed by atoms with E-state index in [-0.39, 0.29) is 5.82 Å². The number of halogens is 1. The van der Waals surface area contributed by atoms with Crippen molar-refractivity contribution in [2.75, 3.05) is 0 Å². The van der Waals surface area contributed by atoms with Crippen molar-refractivity contribution in [3.63, 3.8) is 0 Å². The van der Waals surface area contributed by atoms with Crippen LogP contribution in [0, 0.1) is 12.7 Å². The zero-order chi connectivity index (χ0) is 21.2. The Morgan fingerprint density at radius 1 is 0.931 bits per heavy atom. The molecule has 0 unspecified atom stereocenters. The molecule has 0 radical (unpaired) electrons. The van der Waals surface area contributed by atoms with Gasteiger partial charge in [0, 0.05) is 29.7 Å². The van der Waals surface area contributed by atoms with E-state index < -0.39 is 0 Å². The Bertz CT molecular complexity index is 1050. The van der Waals surface area contributed by atoms with E-state index in [9.17, 15) is 4.39 Å². The number of aryl methyl sites for hydroxylation is 1. The Morgan fingerprint density at radius 3 is 2.48 bits per heavy atom. The van der Waals surface area contributed by atoms with Gasteiger partial charge in [-0.05, 0) is 68.8 Å². The lowest BCUT2D eigenvalue weighted by atomic mass is 10.2. The molecule has 1 aliphatic rings. The van der Waals surface area contributed by atoms with Gasteiger partial charge in [0.1, 0.15) is 11.7 Å². The quantitative estimate of drug-likeness (QED) is 0.416. The van der Waals surface area contributed by atoms with Gasteiger partial charge >= 0.3 is 0 Å². The maximum Gasteiger partial charge on any atom is 0.147 e. The van der Waals surface area contributed by atoms with Crippen LogP contribution in [0.4, 0.5) is 4.39 Å². The second kappa shape index (κ2) is 10.9. The van der Waals surface area contributed by atoms with Crippen LogP contribution in [0.2, 0.25) is 0 Å². The molecule has 1 aliphatic heterocycles. The van der Waals surface area contributed by atoms with Crippen molar-refractivity contribution in [1.82, 2.24) is 4.57 Å². The van der Waals surface area contributed by atoms with E-state index in [0.29, 0.717) is 5.84 Å². The molecule has 29 heavy (non-hydrogen) atoms. The lowest BCUT2D eigenvalue weighted by Crippen LogP contribution is -1.92. The maximum atomic E-state index is 13.2. The van der Waals surface area contributed by atoms with Crippen molar-refractivity contribution in [2.24, 2.45) is 15.2 Å². The van der Waals surface area contributed by atoms with Gasteiger partial charge in [0.2, 0.25) is 0 Å². The van der Waals surface area contributed by atoms with Crippen LogP contribution in [0.15, 0.2) is 94.0 Å². The summed E-state index contributed by atoms with van der Waals surface area (Å²) in [5.74, 6) is 0.472. The predicted octanol–water partition coefficient (Wildman–Crippen LogP) is 7.39. The van der Waals surface area contributed by atoms with Crippen molar-refractivity contribution in [3.8, 4) is 5.69 Å². The molecule has 0 aliphatic carbocycles. The number of allylic oxidation sites excluding steroid dienone is 2. The zero-order valence-corrected chi connectivity index (χ0v) is 17.6. The molecule has 0 saturated heterocycles. The molecule has 2 aromatic carbocycles. The van der Waals surface area contributed by atoms with Gasteiger partial charge in [-0.3, -0.25) is 0 Å². The Balaban J connectivity index is 0.000000215. The molecule has 0 bridgehead atoms. The fraction of sp³-hybridized carbons (Fsp3) is 0.208. The molecule has 1 aromatic heterocycles. The van der Waals surface area contributed by atoms with Gasteiger partial charge in [-0.15, -0.1) is 5.11 Å². The molecule has 0 amide bonds. The summed E-state index contributed by atoms with van der Waals surface area (Å²) in [5.41, 5.74) is 4.26. The second-order valence-corrected chi connectivity index (χ2v) is 6.31. The van der Waals surface area contributed by atoms with Crippen LogP contribution in [0.25, 0.3) is 16.6 Å². The van der Waals surface area contributed by atoms with Gasteiger partial charge < -0.3 is 4.57 Å². The molecule has 0 fully saturated rings. The van der Waals surface area contributed by atoms with Crippen LogP contribution in [0.3, 0.4) is 0 Å². The van der Waals surface area contributed by atoms with Gasteiger partial charge in [-0.2, -0.15) is 5.11 Å². The number of hydrogen-bond donors (Lipinski definition) is 0. The number of aromatic nitrogens is 1. The number of hydrogen-bond acceptors (Lipinski definition) is 3. The lowest BCUT2D eigenvalue weighted by molar-refractivity contribution is 0.627. The van der Waals surface area contributed by atoms with Gasteiger partial charge in [-0.1, -0.05) is 31.5 Å². The maximum absolute atomic E-state index is 13.2. The second-order valence-electron chi connectivity index (χ2n) is 6.31. The first-order valence-corrected chi connectivity index (χ1v) is 9.65. The van der Waals surface area contributed by atoms with Crippen LogP contribution < -0.4 is 0 Å². The number of amidine groups is 1. The molecule has 0 N–H and O–H groups in total. The van der Waals surface area contributed by atoms with Gasteiger partial charge in [0.05, 0.1) is 5.52 Å². The van der Waals surface area contributed by atoms with Crippen molar-refractivity contribution >= 4 is 16.7 Å². The summed E-state index contributed by atoms with van der Waals surface area (Å²) in [5, 5.41) is 8.67. The number of benzene rings is 2. The van der Waals surface area contributed by atoms with E-state index in [0.717, 1.165) is 16.8 Å². The average molecular weight is 391 g/mol. The van der Waals surface area contributed by atoms with Gasteiger partial charge in [0.25, 0.3) is 0 Å². The van der Waals surface area contributed by atoms with Gasteiger partial charge in [0.15, 0.2) is 0 Å². The Labute approximate surface area is 171 Å². The summed E-state index contributed by atoms with van der Waals surface area (Å²) in [6, 6.07) is 14.9. The fourth-order valence-corrected chi connectivity index (χ4v) is 2.64. The molecule has 2 heterocycles. The van der Waals surface area contributed by atoms with Crippen molar-refractivity contribution < 1.29 is 4.39 Å². The zero-order valence-electron chi connectivity index (χ0n) is 17.6. The highest BCUT2D eigenvalue weighted by molar-refractivity contribution is 5.82. The minimum absolute atomic E-state index is 0.212. The van der Waals surface area contributed by atoms with E-state index in [2.05, 4.69) is 40.3 Å². The number of azo groups is 1. The molecule has 0 atom stereocenters. The summed E-state index contributed by atoms with van der Waals surface area (Å²) in [6.45, 7) is 9.85. The molecule has 5 heteroatoms. The largest absolute Gasteiger partial charge is 0.316 e. The normalized spacial score (nSPS) is 15.5. The minimum Gasteiger partial charge on any atom is -0.316 e. The molecular formula is C24H27FN4. The third kappa shape index (κ3) is 6.35. The van der Waals surface area contributed by atoms with Crippen LogP contribution in [0.1, 0.15) is 33.3 Å². The summed E-state index contributed by atoms with van der Waals surface area (Å²) in [7, 11) is 0. The van der Waals surface area contributed by atoms with Gasteiger partial charge in [-0.25, -0.2) is 9.38 Å². The van der Waals surface area contributed by atoms with E-state index in [1.807, 2.05) is 56.7 Å². The summed E-state index contributed by atoms with van der Waals surface area (Å²) >= 11 is 0. The number of aliphatic imine (C=N–C) groups is 1. The monoisotopic (exact) mass is 390 g/mol. The highest BCUT2D eigenvalue weighted by atomic mass is 19.1. The molecule has 0 saturated carbocycles. The van der Waals surface area contributed by atoms with Crippen molar-refractivity contribution in [3.05, 3.63) is 90.2 Å². The summed E-state index contributed by atoms with van der Waals surface area (Å²) < 4.78 is 15.2. The van der Waals surface area contributed by atoms with E-state index in [1.165, 1.54) is 17.0 Å². The highest BCUT2D eigenvalue weighted by Gasteiger charge is 2.03. The first-order chi connectivity index (χ1) is 14.0. The molecule has 3 aromatic rings. The van der Waals surface area contributed by atoms with Crippen LogP contribution >= 0.6 is 0 Å². The average Bonchev–Trinajstić information content (AvgIpc) is 3.13. The summed E-state index contributed by atoms with van der Waals surface area (Å²) in [4.78, 5) is 4.01. The van der Waals surface area contributed by atoms with Crippen molar-refractivity contribution in [2.45, 2.75) is 34.6 Å². The minimum atomic E-state index is -0.212. The standard InChI is InChI=1S/C15H12FN.C7H9N3.C2H6/c1-11-5-6-15-12(9-11)7-8-17(15)14-4-2-3-13(16)10-14;1-6-3-4-9-10-7(2)8-5-6;1-2/h2-10H,1H3;3-5H,1-2H3;1-2H3/b;4-3-,6-3?,6-5+,8-5?,8-7?,9-4?,10-7?,10-9?;. The first kappa shape index (κ1) is 22.0. The molecule has 4 rings (SSSR count). The van der Waals surface area contributed by atoms with E-state index in [1.54, 1.807) is 24.5 Å². The van der Waals surface area contributed by atoms with Crippen LogP contribution in [-0.4, -0.2) is 10.4 Å². The Morgan fingerprint density at radius 2 is 1.72 bits per heavy atom. The van der Waals surface area contributed by atoms with Crippen LogP contribution in [0.5, 0.6) is 0 Å². The molecule has 150 valence electrons. The lowest BCUT2D eigenvalue weighted by Gasteiger charge is -2.05. The number of nitrogens with zero attached hydrogens (tertiary/aromatic N) is 4. The molecular weight excluding hydrogens is 363 g/mol.